The number of hydrogen-bond acceptors (Lipinski definition) is 4. The number of alkyl carbamates (subject to hydrolysis) is 1. The highest BCUT2D eigenvalue weighted by Gasteiger charge is 2.33. The van der Waals surface area contributed by atoms with Crippen LogP contribution < -0.4 is 10.6 Å². The van der Waals surface area contributed by atoms with Crippen molar-refractivity contribution in [1.82, 2.24) is 10.6 Å². The van der Waals surface area contributed by atoms with Gasteiger partial charge in [0.25, 0.3) is 0 Å². The molecule has 3 N–H and O–H groups in total. The number of nitrogens with one attached hydrogen (secondary N) is 2. The number of rotatable bonds is 9. The van der Waals surface area contributed by atoms with E-state index in [1.165, 1.54) is 13.8 Å². The number of ether oxygens (including phenoxy) is 1. The Labute approximate surface area is 170 Å². The van der Waals surface area contributed by atoms with Gasteiger partial charge in [-0.3, -0.25) is 4.79 Å². The van der Waals surface area contributed by atoms with Gasteiger partial charge in [-0.2, -0.15) is 0 Å². The molecule has 154 valence electrons. The van der Waals surface area contributed by atoms with Crippen molar-refractivity contribution in [3.63, 3.8) is 0 Å². The van der Waals surface area contributed by atoms with Gasteiger partial charge in [-0.25, -0.2) is 9.59 Å². The zero-order valence-corrected chi connectivity index (χ0v) is 16.6. The van der Waals surface area contributed by atoms with E-state index in [0.717, 1.165) is 11.1 Å². The number of carbonyl (C=O) groups excluding carboxylic acids is 2. The number of amides is 2. The van der Waals surface area contributed by atoms with E-state index in [2.05, 4.69) is 10.6 Å². The van der Waals surface area contributed by atoms with Crippen LogP contribution in [0.4, 0.5) is 4.79 Å². The molecule has 0 heterocycles. The second-order valence-corrected chi connectivity index (χ2v) is 7.20. The number of hydrogen-bond donors (Lipinski definition) is 3. The van der Waals surface area contributed by atoms with Crippen molar-refractivity contribution in [3.8, 4) is 0 Å². The third-order valence-corrected chi connectivity index (χ3v) is 4.36. The van der Waals surface area contributed by atoms with Crippen LogP contribution in [0.5, 0.6) is 0 Å². The topological polar surface area (TPSA) is 105 Å². The first-order valence-electron chi connectivity index (χ1n) is 9.34. The highest BCUT2D eigenvalue weighted by atomic mass is 16.5. The summed E-state index contributed by atoms with van der Waals surface area (Å²) in [5.41, 5.74) is 0.459. The Morgan fingerprint density at radius 2 is 1.52 bits per heavy atom. The summed E-state index contributed by atoms with van der Waals surface area (Å²) in [6.45, 7) is 3.05. The highest BCUT2D eigenvalue weighted by molar-refractivity contribution is 5.92. The summed E-state index contributed by atoms with van der Waals surface area (Å²) in [6, 6.07) is 17.5. The maximum Gasteiger partial charge on any atom is 0.408 e. The zero-order chi connectivity index (χ0) is 21.3. The van der Waals surface area contributed by atoms with Crippen LogP contribution in [-0.2, 0) is 27.4 Å². The third-order valence-electron chi connectivity index (χ3n) is 4.36. The predicted molar refractivity (Wildman–Crippen MR) is 108 cm³/mol. The molecule has 0 aliphatic carbocycles. The van der Waals surface area contributed by atoms with Gasteiger partial charge < -0.3 is 20.5 Å². The number of aliphatic carboxylic acids is 1. The van der Waals surface area contributed by atoms with E-state index in [4.69, 9.17) is 4.74 Å². The minimum atomic E-state index is -1.34. The fraction of sp³-hybridized carbons (Fsp3) is 0.318. The van der Waals surface area contributed by atoms with Crippen LogP contribution in [0.15, 0.2) is 60.7 Å². The molecule has 0 saturated carbocycles. The van der Waals surface area contributed by atoms with E-state index in [9.17, 15) is 19.5 Å². The molecule has 7 nitrogen and oxygen atoms in total. The molecular formula is C22H26N2O5. The average Bonchev–Trinajstić information content (AvgIpc) is 2.70. The van der Waals surface area contributed by atoms with Crippen molar-refractivity contribution in [2.24, 2.45) is 0 Å². The maximum absolute atomic E-state index is 12.6. The molecule has 0 fully saturated rings. The minimum Gasteiger partial charge on any atom is -0.480 e. The Kier molecular flexibility index (Phi) is 7.77. The standard InChI is InChI=1S/C22H26N2O5/c1-22(2,24-21(28)29-15-17-11-7-4-8-12-17)20(27)23-18(19(25)26)14-13-16-9-5-3-6-10-16/h3-12,18H,13-15H2,1-2H3,(H,23,27)(H,24,28)(H,25,26)/t18-/m1/s1. The van der Waals surface area contributed by atoms with Crippen molar-refractivity contribution in [3.05, 3.63) is 71.8 Å². The Morgan fingerprint density at radius 1 is 0.966 bits per heavy atom. The van der Waals surface area contributed by atoms with E-state index in [1.54, 1.807) is 0 Å². The quantitative estimate of drug-likeness (QED) is 0.602. The van der Waals surface area contributed by atoms with Gasteiger partial charge in [-0.1, -0.05) is 60.7 Å². The third kappa shape index (κ3) is 7.29. The maximum atomic E-state index is 12.6. The van der Waals surface area contributed by atoms with Crippen molar-refractivity contribution >= 4 is 18.0 Å². The Morgan fingerprint density at radius 3 is 2.07 bits per heavy atom. The molecule has 0 bridgehead atoms. The molecule has 0 spiro atoms. The van der Waals surface area contributed by atoms with E-state index >= 15 is 0 Å². The first kappa shape index (κ1) is 21.9. The van der Waals surface area contributed by atoms with E-state index in [1.807, 2.05) is 60.7 Å². The van der Waals surface area contributed by atoms with Gasteiger partial charge in [0.2, 0.25) is 5.91 Å². The Balaban J connectivity index is 1.87. The van der Waals surface area contributed by atoms with Gasteiger partial charge >= 0.3 is 12.1 Å². The van der Waals surface area contributed by atoms with Crippen molar-refractivity contribution in [1.29, 1.82) is 0 Å². The van der Waals surface area contributed by atoms with E-state index in [0.29, 0.717) is 6.42 Å². The van der Waals surface area contributed by atoms with E-state index < -0.39 is 29.6 Å². The SMILES string of the molecule is CC(C)(NC(=O)OCc1ccccc1)C(=O)N[C@H](CCc1ccccc1)C(=O)O. The van der Waals surface area contributed by atoms with Crippen LogP contribution in [0.25, 0.3) is 0 Å². The second-order valence-electron chi connectivity index (χ2n) is 7.20. The van der Waals surface area contributed by atoms with Gasteiger partial charge in [-0.05, 0) is 37.8 Å². The number of carbonyl (C=O) groups is 3. The van der Waals surface area contributed by atoms with Crippen molar-refractivity contribution < 1.29 is 24.2 Å². The predicted octanol–water partition coefficient (Wildman–Crippen LogP) is 2.89. The fourth-order valence-electron chi connectivity index (χ4n) is 2.62. The lowest BCUT2D eigenvalue weighted by molar-refractivity contribution is -0.142. The van der Waals surface area contributed by atoms with Crippen molar-refractivity contribution in [2.45, 2.75) is 44.9 Å². The smallest absolute Gasteiger partial charge is 0.408 e. The summed E-state index contributed by atoms with van der Waals surface area (Å²) in [5, 5.41) is 14.4. The molecular weight excluding hydrogens is 372 g/mol. The molecule has 29 heavy (non-hydrogen) atoms. The molecule has 0 aliphatic rings. The summed E-state index contributed by atoms with van der Waals surface area (Å²) in [5.74, 6) is -1.73. The largest absolute Gasteiger partial charge is 0.480 e. The second kappa shape index (κ2) is 10.3. The first-order valence-corrected chi connectivity index (χ1v) is 9.34. The van der Waals surface area contributed by atoms with E-state index in [-0.39, 0.29) is 13.0 Å². The molecule has 0 aromatic heterocycles. The summed E-state index contributed by atoms with van der Waals surface area (Å²) in [6.07, 6.45) is -0.0184. The van der Waals surface area contributed by atoms with Crippen LogP contribution >= 0.6 is 0 Å². The zero-order valence-electron chi connectivity index (χ0n) is 16.6. The summed E-state index contributed by atoms with van der Waals surface area (Å²) in [4.78, 5) is 36.1. The molecule has 0 radical (unpaired) electrons. The lowest BCUT2D eigenvalue weighted by Gasteiger charge is -2.26. The highest BCUT2D eigenvalue weighted by Crippen LogP contribution is 2.09. The fourth-order valence-corrected chi connectivity index (χ4v) is 2.62. The van der Waals surface area contributed by atoms with Gasteiger partial charge in [0.15, 0.2) is 0 Å². The molecule has 2 aromatic rings. The molecule has 2 amide bonds. The van der Waals surface area contributed by atoms with Crippen LogP contribution in [0.3, 0.4) is 0 Å². The normalized spacial score (nSPS) is 11.9. The number of carboxylic acid groups (broad SMARTS) is 1. The molecule has 2 aromatic carbocycles. The number of aryl methyl sites for hydroxylation is 1. The number of benzene rings is 2. The molecule has 2 rings (SSSR count). The van der Waals surface area contributed by atoms with Crippen LogP contribution in [0, 0.1) is 0 Å². The summed E-state index contributed by atoms with van der Waals surface area (Å²) in [7, 11) is 0. The lowest BCUT2D eigenvalue weighted by atomic mass is 10.0. The number of carboxylic acids is 1. The molecule has 0 aliphatic heterocycles. The monoisotopic (exact) mass is 398 g/mol. The van der Waals surface area contributed by atoms with Gasteiger partial charge in [0, 0.05) is 0 Å². The van der Waals surface area contributed by atoms with Crippen molar-refractivity contribution in [2.75, 3.05) is 0 Å². The van der Waals surface area contributed by atoms with Gasteiger partial charge in [0.05, 0.1) is 0 Å². The Bertz CT molecular complexity index is 822. The van der Waals surface area contributed by atoms with Gasteiger partial charge in [-0.15, -0.1) is 0 Å². The van der Waals surface area contributed by atoms with Crippen LogP contribution in [0.1, 0.15) is 31.4 Å². The minimum absolute atomic E-state index is 0.0686. The Hall–Kier alpha value is -3.35. The van der Waals surface area contributed by atoms with Crippen LogP contribution in [-0.4, -0.2) is 34.7 Å². The molecule has 0 unspecified atom stereocenters. The average molecular weight is 398 g/mol. The molecule has 0 saturated heterocycles. The lowest BCUT2D eigenvalue weighted by Crippen LogP contribution is -2.57. The first-order chi connectivity index (χ1) is 13.8. The van der Waals surface area contributed by atoms with Crippen LogP contribution in [0.2, 0.25) is 0 Å². The summed E-state index contributed by atoms with van der Waals surface area (Å²) < 4.78 is 5.13. The molecule has 1 atom stereocenters. The van der Waals surface area contributed by atoms with Gasteiger partial charge in [0.1, 0.15) is 18.2 Å². The molecule has 7 heteroatoms. The summed E-state index contributed by atoms with van der Waals surface area (Å²) >= 11 is 0.